The lowest BCUT2D eigenvalue weighted by atomic mass is 10.1. The van der Waals surface area contributed by atoms with Gasteiger partial charge in [-0.1, -0.05) is 6.92 Å². The van der Waals surface area contributed by atoms with Gasteiger partial charge in [-0.25, -0.2) is 4.98 Å². The van der Waals surface area contributed by atoms with Gasteiger partial charge in [0.2, 0.25) is 0 Å². The highest BCUT2D eigenvalue weighted by Crippen LogP contribution is 2.17. The number of pyridine rings is 1. The predicted octanol–water partition coefficient (Wildman–Crippen LogP) is 2.28. The zero-order chi connectivity index (χ0) is 14.4. The summed E-state index contributed by atoms with van der Waals surface area (Å²) in [6, 6.07) is 4.69. The van der Waals surface area contributed by atoms with Crippen molar-refractivity contribution in [3.05, 3.63) is 23.9 Å². The Bertz CT molecular complexity index is 401. The molecular formula is C16H28N4. The third-order valence-corrected chi connectivity index (χ3v) is 4.12. The Balaban J connectivity index is 1.91. The summed E-state index contributed by atoms with van der Waals surface area (Å²) in [7, 11) is 2.14. The molecule has 4 heteroatoms. The van der Waals surface area contributed by atoms with Crippen molar-refractivity contribution in [2.45, 2.75) is 32.7 Å². The Labute approximate surface area is 123 Å². The predicted molar refractivity (Wildman–Crippen MR) is 85.3 cm³/mol. The Hall–Kier alpha value is -1.13. The summed E-state index contributed by atoms with van der Waals surface area (Å²) in [4.78, 5) is 9.31. The summed E-state index contributed by atoms with van der Waals surface area (Å²) < 4.78 is 0. The first-order valence-electron chi connectivity index (χ1n) is 7.83. The molecule has 1 aromatic rings. The molecule has 0 amide bonds. The van der Waals surface area contributed by atoms with Crippen LogP contribution < -0.4 is 10.2 Å². The highest BCUT2D eigenvalue weighted by molar-refractivity contribution is 5.40. The van der Waals surface area contributed by atoms with E-state index in [0.29, 0.717) is 6.04 Å². The van der Waals surface area contributed by atoms with Crippen LogP contribution in [0, 0.1) is 0 Å². The van der Waals surface area contributed by atoms with Crippen molar-refractivity contribution >= 4 is 5.82 Å². The number of nitrogens with zero attached hydrogens (tertiary/aromatic N) is 3. The van der Waals surface area contributed by atoms with Crippen molar-refractivity contribution in [3.63, 3.8) is 0 Å². The molecule has 1 aliphatic rings. The molecule has 1 atom stereocenters. The van der Waals surface area contributed by atoms with Crippen LogP contribution in [-0.2, 0) is 0 Å². The monoisotopic (exact) mass is 276 g/mol. The first-order chi connectivity index (χ1) is 9.70. The van der Waals surface area contributed by atoms with E-state index in [0.717, 1.165) is 25.5 Å². The quantitative estimate of drug-likeness (QED) is 0.828. The highest BCUT2D eigenvalue weighted by Gasteiger charge is 2.13. The van der Waals surface area contributed by atoms with E-state index in [1.807, 2.05) is 6.20 Å². The number of hydrogen-bond donors (Lipinski definition) is 1. The second-order valence-electron chi connectivity index (χ2n) is 5.70. The Morgan fingerprint density at radius 1 is 1.40 bits per heavy atom. The van der Waals surface area contributed by atoms with Crippen molar-refractivity contribution in [1.82, 2.24) is 15.2 Å². The smallest absolute Gasteiger partial charge is 0.128 e. The standard InChI is InChI=1S/C16H28N4/c1-4-17-14(2)15-7-8-18-16(13-15)19(3)11-12-20-9-5-6-10-20/h7-8,13-14,17H,4-6,9-12H2,1-3H3. The lowest BCUT2D eigenvalue weighted by Gasteiger charge is -2.23. The molecule has 20 heavy (non-hydrogen) atoms. The molecule has 0 bridgehead atoms. The third kappa shape index (κ3) is 4.18. The maximum Gasteiger partial charge on any atom is 0.128 e. The van der Waals surface area contributed by atoms with Gasteiger partial charge in [0.05, 0.1) is 0 Å². The van der Waals surface area contributed by atoms with Gasteiger partial charge in [-0.3, -0.25) is 0 Å². The summed E-state index contributed by atoms with van der Waals surface area (Å²) in [6.07, 6.45) is 4.64. The number of hydrogen-bond acceptors (Lipinski definition) is 4. The molecule has 0 radical (unpaired) electrons. The van der Waals surface area contributed by atoms with Crippen LogP contribution in [0.5, 0.6) is 0 Å². The van der Waals surface area contributed by atoms with E-state index in [-0.39, 0.29) is 0 Å². The highest BCUT2D eigenvalue weighted by atomic mass is 15.2. The van der Waals surface area contributed by atoms with E-state index in [1.54, 1.807) is 0 Å². The zero-order valence-corrected chi connectivity index (χ0v) is 13.1. The molecular weight excluding hydrogens is 248 g/mol. The molecule has 1 saturated heterocycles. The first kappa shape index (κ1) is 15.3. The van der Waals surface area contributed by atoms with Crippen molar-refractivity contribution in [1.29, 1.82) is 0 Å². The van der Waals surface area contributed by atoms with Crippen molar-refractivity contribution < 1.29 is 0 Å². The van der Waals surface area contributed by atoms with E-state index in [2.05, 4.69) is 53.1 Å². The lowest BCUT2D eigenvalue weighted by molar-refractivity contribution is 0.346. The summed E-state index contributed by atoms with van der Waals surface area (Å²) >= 11 is 0. The van der Waals surface area contributed by atoms with Gasteiger partial charge in [0.15, 0.2) is 0 Å². The van der Waals surface area contributed by atoms with Crippen LogP contribution >= 0.6 is 0 Å². The minimum Gasteiger partial charge on any atom is -0.358 e. The fourth-order valence-corrected chi connectivity index (χ4v) is 2.75. The van der Waals surface area contributed by atoms with Crippen molar-refractivity contribution in [2.75, 3.05) is 44.7 Å². The Morgan fingerprint density at radius 2 is 2.15 bits per heavy atom. The first-order valence-corrected chi connectivity index (χ1v) is 7.83. The van der Waals surface area contributed by atoms with Crippen molar-refractivity contribution in [3.8, 4) is 0 Å². The zero-order valence-electron chi connectivity index (χ0n) is 13.1. The number of nitrogens with one attached hydrogen (secondary N) is 1. The number of anilines is 1. The molecule has 2 heterocycles. The SMILES string of the molecule is CCNC(C)c1ccnc(N(C)CCN2CCCC2)c1. The van der Waals surface area contributed by atoms with E-state index in [1.165, 1.54) is 31.5 Å². The molecule has 4 nitrogen and oxygen atoms in total. The van der Waals surface area contributed by atoms with Gasteiger partial charge < -0.3 is 15.1 Å². The minimum absolute atomic E-state index is 0.383. The Kier molecular flexibility index (Phi) is 5.80. The molecule has 1 unspecified atom stereocenters. The largest absolute Gasteiger partial charge is 0.358 e. The second-order valence-corrected chi connectivity index (χ2v) is 5.70. The topological polar surface area (TPSA) is 31.4 Å². The molecule has 0 saturated carbocycles. The maximum absolute atomic E-state index is 4.51. The van der Waals surface area contributed by atoms with Gasteiger partial charge in [-0.15, -0.1) is 0 Å². The van der Waals surface area contributed by atoms with Crippen LogP contribution in [0.3, 0.4) is 0 Å². The average Bonchev–Trinajstić information content (AvgIpc) is 2.98. The number of likely N-dealkylation sites (tertiary alicyclic amines) is 1. The van der Waals surface area contributed by atoms with E-state index in [9.17, 15) is 0 Å². The number of likely N-dealkylation sites (N-methyl/N-ethyl adjacent to an activating group) is 1. The van der Waals surface area contributed by atoms with Gasteiger partial charge in [-0.2, -0.15) is 0 Å². The van der Waals surface area contributed by atoms with Crippen LogP contribution in [0.2, 0.25) is 0 Å². The summed E-state index contributed by atoms with van der Waals surface area (Å²) in [5.74, 6) is 1.08. The van der Waals surface area contributed by atoms with Gasteiger partial charge in [0, 0.05) is 32.4 Å². The maximum atomic E-state index is 4.51. The molecule has 2 rings (SSSR count). The molecule has 112 valence electrons. The molecule has 1 aromatic heterocycles. The average molecular weight is 276 g/mol. The number of aromatic nitrogens is 1. The molecule has 0 spiro atoms. The summed E-state index contributed by atoms with van der Waals surface area (Å²) in [5.41, 5.74) is 1.31. The lowest BCUT2D eigenvalue weighted by Crippen LogP contribution is -2.31. The van der Waals surface area contributed by atoms with Crippen LogP contribution in [0.1, 0.15) is 38.3 Å². The minimum atomic E-state index is 0.383. The molecule has 0 aromatic carbocycles. The van der Waals surface area contributed by atoms with Crippen LogP contribution in [0.25, 0.3) is 0 Å². The van der Waals surface area contributed by atoms with Crippen molar-refractivity contribution in [2.24, 2.45) is 0 Å². The van der Waals surface area contributed by atoms with Crippen LogP contribution in [-0.4, -0.2) is 49.7 Å². The van der Waals surface area contributed by atoms with E-state index < -0.39 is 0 Å². The van der Waals surface area contributed by atoms with E-state index in [4.69, 9.17) is 0 Å². The Morgan fingerprint density at radius 3 is 2.85 bits per heavy atom. The normalized spacial score (nSPS) is 17.4. The molecule has 0 aliphatic carbocycles. The number of rotatable bonds is 7. The van der Waals surface area contributed by atoms with Gasteiger partial charge in [-0.05, 0) is 57.1 Å². The molecule has 1 aliphatic heterocycles. The van der Waals surface area contributed by atoms with Gasteiger partial charge in [0.25, 0.3) is 0 Å². The van der Waals surface area contributed by atoms with Gasteiger partial charge >= 0.3 is 0 Å². The van der Waals surface area contributed by atoms with E-state index >= 15 is 0 Å². The summed E-state index contributed by atoms with van der Waals surface area (Å²) in [5, 5.41) is 3.45. The fourth-order valence-electron chi connectivity index (χ4n) is 2.75. The van der Waals surface area contributed by atoms with Crippen LogP contribution in [0.15, 0.2) is 18.3 Å². The molecule has 1 fully saturated rings. The third-order valence-electron chi connectivity index (χ3n) is 4.12. The van der Waals surface area contributed by atoms with Gasteiger partial charge in [0.1, 0.15) is 5.82 Å². The summed E-state index contributed by atoms with van der Waals surface area (Å²) in [6.45, 7) is 10.0. The fraction of sp³-hybridized carbons (Fsp3) is 0.688. The van der Waals surface area contributed by atoms with Crippen LogP contribution in [0.4, 0.5) is 5.82 Å². The second kappa shape index (κ2) is 7.60. The molecule has 1 N–H and O–H groups in total.